The molecule has 0 unspecified atom stereocenters. The smallest absolute Gasteiger partial charge is 0.260 e. The van der Waals surface area contributed by atoms with Gasteiger partial charge in [0.15, 0.2) is 6.10 Å². The lowest BCUT2D eigenvalue weighted by Gasteiger charge is -2.16. The van der Waals surface area contributed by atoms with Crippen molar-refractivity contribution in [1.29, 1.82) is 0 Å². The van der Waals surface area contributed by atoms with Gasteiger partial charge in [-0.1, -0.05) is 49.7 Å². The van der Waals surface area contributed by atoms with Crippen LogP contribution in [0, 0.1) is 0 Å². The van der Waals surface area contributed by atoms with Gasteiger partial charge in [-0.05, 0) is 42.7 Å². The molecular weight excluding hydrogens is 338 g/mol. The van der Waals surface area contributed by atoms with E-state index in [4.69, 9.17) is 21.1 Å². The molecule has 1 atom stereocenters. The molecule has 0 saturated heterocycles. The van der Waals surface area contributed by atoms with Crippen molar-refractivity contribution < 1.29 is 14.3 Å². The standard InChI is InChI=1S/C20H24ClNO3/c1-14(2)18-9-4-5-10-19(18)24-12-11-22-20(23)15(3)25-17-8-6-7-16(21)13-17/h4-10,13-15H,11-12H2,1-3H3,(H,22,23)/t15-/m1/s1. The average molecular weight is 362 g/mol. The van der Waals surface area contributed by atoms with Crippen LogP contribution in [-0.4, -0.2) is 25.2 Å². The molecule has 1 amide bonds. The van der Waals surface area contributed by atoms with Crippen LogP contribution in [0.25, 0.3) is 0 Å². The number of hydrogen-bond acceptors (Lipinski definition) is 3. The Hall–Kier alpha value is -2.20. The van der Waals surface area contributed by atoms with Crippen LogP contribution in [0.1, 0.15) is 32.3 Å². The van der Waals surface area contributed by atoms with Crippen LogP contribution in [0.3, 0.4) is 0 Å². The number of para-hydroxylation sites is 1. The first-order chi connectivity index (χ1) is 12.0. The van der Waals surface area contributed by atoms with Crippen LogP contribution in [-0.2, 0) is 4.79 Å². The number of halogens is 1. The summed E-state index contributed by atoms with van der Waals surface area (Å²) in [6.45, 7) is 6.76. The summed E-state index contributed by atoms with van der Waals surface area (Å²) < 4.78 is 11.4. The van der Waals surface area contributed by atoms with Crippen LogP contribution in [0.5, 0.6) is 11.5 Å². The number of amides is 1. The maximum atomic E-state index is 12.1. The first-order valence-corrected chi connectivity index (χ1v) is 8.77. The molecule has 0 bridgehead atoms. The summed E-state index contributed by atoms with van der Waals surface area (Å²) in [5.74, 6) is 1.62. The van der Waals surface area contributed by atoms with Crippen molar-refractivity contribution >= 4 is 17.5 Å². The first-order valence-electron chi connectivity index (χ1n) is 8.39. The minimum atomic E-state index is -0.610. The molecule has 2 aromatic rings. The molecule has 2 aromatic carbocycles. The van der Waals surface area contributed by atoms with E-state index in [0.717, 1.165) is 11.3 Å². The molecule has 4 nitrogen and oxygen atoms in total. The van der Waals surface area contributed by atoms with Gasteiger partial charge in [-0.25, -0.2) is 0 Å². The Morgan fingerprint density at radius 2 is 1.88 bits per heavy atom. The summed E-state index contributed by atoms with van der Waals surface area (Å²) in [5.41, 5.74) is 1.16. The van der Waals surface area contributed by atoms with Gasteiger partial charge >= 0.3 is 0 Å². The minimum Gasteiger partial charge on any atom is -0.491 e. The third-order valence-electron chi connectivity index (χ3n) is 3.68. The summed E-state index contributed by atoms with van der Waals surface area (Å²) in [5, 5.41) is 3.39. The molecular formula is C20H24ClNO3. The molecule has 0 radical (unpaired) electrons. The van der Waals surface area contributed by atoms with E-state index in [1.807, 2.05) is 18.2 Å². The Morgan fingerprint density at radius 1 is 1.12 bits per heavy atom. The minimum absolute atomic E-state index is 0.194. The van der Waals surface area contributed by atoms with Gasteiger partial charge in [0.05, 0.1) is 6.54 Å². The summed E-state index contributed by atoms with van der Waals surface area (Å²) >= 11 is 5.91. The lowest BCUT2D eigenvalue weighted by atomic mass is 10.0. The summed E-state index contributed by atoms with van der Waals surface area (Å²) in [7, 11) is 0. The highest BCUT2D eigenvalue weighted by atomic mass is 35.5. The Kier molecular flexibility index (Phi) is 7.14. The molecule has 0 spiro atoms. The molecule has 0 fully saturated rings. The quantitative estimate of drug-likeness (QED) is 0.708. The predicted molar refractivity (Wildman–Crippen MR) is 101 cm³/mol. The van der Waals surface area contributed by atoms with Crippen LogP contribution in [0.2, 0.25) is 5.02 Å². The van der Waals surface area contributed by atoms with Crippen molar-refractivity contribution in [3.8, 4) is 11.5 Å². The number of rotatable bonds is 8. The number of benzene rings is 2. The van der Waals surface area contributed by atoms with Crippen molar-refractivity contribution in [1.82, 2.24) is 5.32 Å². The fraction of sp³-hybridized carbons (Fsp3) is 0.350. The highest BCUT2D eigenvalue weighted by Gasteiger charge is 2.14. The summed E-state index contributed by atoms with van der Waals surface area (Å²) in [6, 6.07) is 14.9. The largest absolute Gasteiger partial charge is 0.491 e. The van der Waals surface area contributed by atoms with E-state index in [1.54, 1.807) is 31.2 Å². The normalized spacial score (nSPS) is 11.9. The lowest BCUT2D eigenvalue weighted by molar-refractivity contribution is -0.127. The summed E-state index contributed by atoms with van der Waals surface area (Å²) in [6.07, 6.45) is -0.610. The molecule has 0 aliphatic rings. The second-order valence-electron chi connectivity index (χ2n) is 6.05. The molecule has 0 aromatic heterocycles. The van der Waals surface area contributed by atoms with E-state index < -0.39 is 6.10 Å². The predicted octanol–water partition coefficient (Wildman–Crippen LogP) is 4.43. The number of hydrogen-bond donors (Lipinski definition) is 1. The Balaban J connectivity index is 1.77. The lowest BCUT2D eigenvalue weighted by Crippen LogP contribution is -2.38. The SMILES string of the molecule is CC(C)c1ccccc1OCCNC(=O)[C@@H](C)Oc1cccc(Cl)c1. The fourth-order valence-corrected chi connectivity index (χ4v) is 2.55. The van der Waals surface area contributed by atoms with Crippen LogP contribution < -0.4 is 14.8 Å². The first kappa shape index (κ1) is 19.1. The van der Waals surface area contributed by atoms with Gasteiger partial charge < -0.3 is 14.8 Å². The van der Waals surface area contributed by atoms with Gasteiger partial charge in [0.2, 0.25) is 0 Å². The van der Waals surface area contributed by atoms with Crippen molar-refractivity contribution in [2.24, 2.45) is 0 Å². The van der Waals surface area contributed by atoms with Gasteiger partial charge in [0, 0.05) is 5.02 Å². The number of ether oxygens (including phenoxy) is 2. The fourth-order valence-electron chi connectivity index (χ4n) is 2.37. The van der Waals surface area contributed by atoms with Crippen molar-refractivity contribution in [3.63, 3.8) is 0 Å². The maximum absolute atomic E-state index is 12.1. The number of nitrogens with one attached hydrogen (secondary N) is 1. The molecule has 25 heavy (non-hydrogen) atoms. The Labute approximate surface area is 154 Å². The third-order valence-corrected chi connectivity index (χ3v) is 3.91. The van der Waals surface area contributed by atoms with Crippen molar-refractivity contribution in [3.05, 3.63) is 59.1 Å². The van der Waals surface area contributed by atoms with E-state index in [1.165, 1.54) is 0 Å². The molecule has 0 aliphatic carbocycles. The second-order valence-corrected chi connectivity index (χ2v) is 6.49. The zero-order valence-electron chi connectivity index (χ0n) is 14.8. The topological polar surface area (TPSA) is 47.6 Å². The average Bonchev–Trinajstić information content (AvgIpc) is 2.58. The zero-order chi connectivity index (χ0) is 18.2. The van der Waals surface area contributed by atoms with Gasteiger partial charge in [-0.3, -0.25) is 4.79 Å². The highest BCUT2D eigenvalue weighted by Crippen LogP contribution is 2.25. The Bertz CT molecular complexity index is 703. The second kappa shape index (κ2) is 9.33. The molecule has 0 aliphatic heterocycles. The van der Waals surface area contributed by atoms with Gasteiger partial charge in [0.1, 0.15) is 18.1 Å². The maximum Gasteiger partial charge on any atom is 0.260 e. The summed E-state index contributed by atoms with van der Waals surface area (Å²) in [4.78, 5) is 12.1. The van der Waals surface area contributed by atoms with E-state index in [2.05, 4.69) is 25.2 Å². The van der Waals surface area contributed by atoms with E-state index in [-0.39, 0.29) is 5.91 Å². The molecule has 134 valence electrons. The molecule has 5 heteroatoms. The molecule has 2 rings (SSSR count). The zero-order valence-corrected chi connectivity index (χ0v) is 15.5. The van der Waals surface area contributed by atoms with Gasteiger partial charge in [-0.2, -0.15) is 0 Å². The van der Waals surface area contributed by atoms with E-state index in [0.29, 0.717) is 29.8 Å². The molecule has 1 N–H and O–H groups in total. The van der Waals surface area contributed by atoms with Crippen molar-refractivity contribution in [2.45, 2.75) is 32.8 Å². The number of carbonyl (C=O) groups is 1. The van der Waals surface area contributed by atoms with Crippen LogP contribution in [0.15, 0.2) is 48.5 Å². The monoisotopic (exact) mass is 361 g/mol. The Morgan fingerprint density at radius 3 is 2.60 bits per heavy atom. The number of carbonyl (C=O) groups excluding carboxylic acids is 1. The van der Waals surface area contributed by atoms with Crippen LogP contribution >= 0.6 is 11.6 Å². The van der Waals surface area contributed by atoms with E-state index >= 15 is 0 Å². The van der Waals surface area contributed by atoms with Gasteiger partial charge in [0.25, 0.3) is 5.91 Å². The van der Waals surface area contributed by atoms with Gasteiger partial charge in [-0.15, -0.1) is 0 Å². The van der Waals surface area contributed by atoms with Crippen LogP contribution in [0.4, 0.5) is 0 Å². The van der Waals surface area contributed by atoms with E-state index in [9.17, 15) is 4.79 Å². The molecule has 0 saturated carbocycles. The van der Waals surface area contributed by atoms with Crippen molar-refractivity contribution in [2.75, 3.05) is 13.2 Å². The highest BCUT2D eigenvalue weighted by molar-refractivity contribution is 6.30. The molecule has 0 heterocycles. The third kappa shape index (κ3) is 5.98.